The second-order valence-electron chi connectivity index (χ2n) is 4.59. The first kappa shape index (κ1) is 14.3. The molecule has 2 aromatic rings. The summed E-state index contributed by atoms with van der Waals surface area (Å²) in [7, 11) is 0. The van der Waals surface area contributed by atoms with Gasteiger partial charge in [-0.2, -0.15) is 5.10 Å². The van der Waals surface area contributed by atoms with Crippen LogP contribution in [-0.4, -0.2) is 20.9 Å². The van der Waals surface area contributed by atoms with E-state index >= 15 is 0 Å². The molecule has 0 saturated carbocycles. The second kappa shape index (κ2) is 5.51. The Morgan fingerprint density at radius 1 is 1.35 bits per heavy atom. The van der Waals surface area contributed by atoms with Crippen molar-refractivity contribution in [1.82, 2.24) is 9.78 Å². The summed E-state index contributed by atoms with van der Waals surface area (Å²) in [5.74, 6) is -0.987. The number of carboxylic acid groups (broad SMARTS) is 1. The molecule has 1 N–H and O–H groups in total. The van der Waals surface area contributed by atoms with E-state index in [2.05, 4.69) is 5.10 Å². The Morgan fingerprint density at radius 2 is 2.05 bits per heavy atom. The van der Waals surface area contributed by atoms with E-state index in [4.69, 9.17) is 16.7 Å². The average molecular weight is 291 g/mol. The Balaban J connectivity index is 2.44. The first-order chi connectivity index (χ1) is 9.40. The molecule has 0 unspecified atom stereocenters. The van der Waals surface area contributed by atoms with E-state index in [0.29, 0.717) is 5.02 Å². The zero-order chi connectivity index (χ0) is 14.9. The molecule has 0 spiro atoms. The summed E-state index contributed by atoms with van der Waals surface area (Å²) in [6, 6.07) is 5.37. The van der Waals surface area contributed by atoms with Crippen LogP contribution in [0.25, 0.3) is 11.8 Å². The van der Waals surface area contributed by atoms with E-state index in [-0.39, 0.29) is 0 Å². The number of carboxylic acids is 1. The van der Waals surface area contributed by atoms with E-state index < -0.39 is 5.97 Å². The van der Waals surface area contributed by atoms with Gasteiger partial charge in [0.25, 0.3) is 0 Å². The third-order valence-electron chi connectivity index (χ3n) is 3.27. The van der Waals surface area contributed by atoms with Gasteiger partial charge < -0.3 is 5.11 Å². The minimum Gasteiger partial charge on any atom is -0.478 e. The fourth-order valence-corrected chi connectivity index (χ4v) is 2.19. The molecule has 4 nitrogen and oxygen atoms in total. The van der Waals surface area contributed by atoms with Crippen molar-refractivity contribution in [2.75, 3.05) is 0 Å². The number of halogens is 1. The lowest BCUT2D eigenvalue weighted by atomic mass is 10.2. The van der Waals surface area contributed by atoms with E-state index in [0.717, 1.165) is 34.3 Å². The zero-order valence-corrected chi connectivity index (χ0v) is 12.3. The predicted molar refractivity (Wildman–Crippen MR) is 79.5 cm³/mol. The van der Waals surface area contributed by atoms with E-state index in [1.807, 2.05) is 32.9 Å². The molecule has 0 saturated heterocycles. The quantitative estimate of drug-likeness (QED) is 0.880. The number of benzene rings is 1. The van der Waals surface area contributed by atoms with E-state index in [9.17, 15) is 4.79 Å². The zero-order valence-electron chi connectivity index (χ0n) is 11.5. The molecule has 104 valence electrons. The van der Waals surface area contributed by atoms with Crippen LogP contribution in [0.15, 0.2) is 24.3 Å². The fraction of sp³-hybridized carbons (Fsp3) is 0.200. The van der Waals surface area contributed by atoms with Crippen LogP contribution in [0.1, 0.15) is 22.5 Å². The van der Waals surface area contributed by atoms with Crippen LogP contribution in [0, 0.1) is 20.8 Å². The lowest BCUT2D eigenvalue weighted by Gasteiger charge is -2.08. The van der Waals surface area contributed by atoms with Crippen LogP contribution in [0.4, 0.5) is 0 Å². The minimum absolute atomic E-state index is 0.531. The van der Waals surface area contributed by atoms with Crippen LogP contribution in [0.5, 0.6) is 0 Å². The van der Waals surface area contributed by atoms with Crippen LogP contribution in [0.3, 0.4) is 0 Å². The van der Waals surface area contributed by atoms with Gasteiger partial charge >= 0.3 is 5.97 Å². The van der Waals surface area contributed by atoms with Crippen LogP contribution in [0.2, 0.25) is 5.02 Å². The van der Waals surface area contributed by atoms with Gasteiger partial charge in [-0.1, -0.05) is 17.7 Å². The Bertz CT molecular complexity index is 702. The number of aryl methyl sites for hydroxylation is 1. The van der Waals surface area contributed by atoms with Gasteiger partial charge in [-0.3, -0.25) is 0 Å². The summed E-state index contributed by atoms with van der Waals surface area (Å²) in [4.78, 5) is 10.5. The number of hydrogen-bond donors (Lipinski definition) is 1. The van der Waals surface area contributed by atoms with Gasteiger partial charge in [0, 0.05) is 11.8 Å². The fourth-order valence-electron chi connectivity index (χ4n) is 1.92. The molecule has 0 radical (unpaired) electrons. The van der Waals surface area contributed by atoms with Crippen LogP contribution in [-0.2, 0) is 4.79 Å². The maximum absolute atomic E-state index is 10.5. The van der Waals surface area contributed by atoms with Crippen molar-refractivity contribution in [2.24, 2.45) is 0 Å². The minimum atomic E-state index is -0.987. The maximum atomic E-state index is 10.5. The third kappa shape index (κ3) is 2.75. The topological polar surface area (TPSA) is 55.1 Å². The standard InChI is InChI=1S/C15H15ClN2O2/c1-9-10(2)17-18(11(9)3)14-6-4-12(8-13(14)16)5-7-15(19)20/h4-8H,1-3H3,(H,19,20)/b7-5+. The highest BCUT2D eigenvalue weighted by Crippen LogP contribution is 2.25. The van der Waals surface area contributed by atoms with Crippen molar-refractivity contribution in [3.8, 4) is 5.69 Å². The van der Waals surface area contributed by atoms with Gasteiger partial charge in [0.15, 0.2) is 0 Å². The molecule has 1 aromatic heterocycles. The molecular formula is C15H15ClN2O2. The lowest BCUT2D eigenvalue weighted by molar-refractivity contribution is -0.131. The molecular weight excluding hydrogens is 276 g/mol. The highest BCUT2D eigenvalue weighted by Gasteiger charge is 2.11. The number of rotatable bonds is 3. The SMILES string of the molecule is Cc1nn(-c2ccc(/C=C/C(=O)O)cc2Cl)c(C)c1C. The molecule has 0 atom stereocenters. The Kier molecular flexibility index (Phi) is 3.95. The Labute approximate surface area is 122 Å². The van der Waals surface area contributed by atoms with E-state index in [1.165, 1.54) is 6.08 Å². The Morgan fingerprint density at radius 3 is 2.55 bits per heavy atom. The monoisotopic (exact) mass is 290 g/mol. The van der Waals surface area contributed by atoms with E-state index in [1.54, 1.807) is 10.7 Å². The molecule has 0 amide bonds. The molecule has 0 aliphatic heterocycles. The van der Waals surface area contributed by atoms with Gasteiger partial charge in [0.1, 0.15) is 0 Å². The molecule has 0 bridgehead atoms. The maximum Gasteiger partial charge on any atom is 0.328 e. The number of aliphatic carboxylic acids is 1. The number of carbonyl (C=O) groups is 1. The van der Waals surface area contributed by atoms with Gasteiger partial charge in [-0.05, 0) is 50.1 Å². The van der Waals surface area contributed by atoms with Gasteiger partial charge in [0.05, 0.1) is 16.4 Å². The molecule has 2 rings (SSSR count). The van der Waals surface area contributed by atoms with Crippen molar-refractivity contribution < 1.29 is 9.90 Å². The van der Waals surface area contributed by atoms with Crippen molar-refractivity contribution in [3.63, 3.8) is 0 Å². The smallest absolute Gasteiger partial charge is 0.328 e. The molecule has 1 aromatic carbocycles. The summed E-state index contributed by atoms with van der Waals surface area (Å²) in [5.41, 5.74) is 4.66. The van der Waals surface area contributed by atoms with Crippen molar-refractivity contribution in [1.29, 1.82) is 0 Å². The number of hydrogen-bond acceptors (Lipinski definition) is 2. The summed E-state index contributed by atoms with van der Waals surface area (Å²) in [6.45, 7) is 5.96. The van der Waals surface area contributed by atoms with Crippen LogP contribution < -0.4 is 0 Å². The van der Waals surface area contributed by atoms with Crippen LogP contribution >= 0.6 is 11.6 Å². The summed E-state index contributed by atoms with van der Waals surface area (Å²) < 4.78 is 1.80. The van der Waals surface area contributed by atoms with Crippen molar-refractivity contribution in [3.05, 3.63) is 51.8 Å². The first-order valence-corrected chi connectivity index (χ1v) is 6.51. The second-order valence-corrected chi connectivity index (χ2v) is 5.00. The highest BCUT2D eigenvalue weighted by atomic mass is 35.5. The molecule has 20 heavy (non-hydrogen) atoms. The van der Waals surface area contributed by atoms with Gasteiger partial charge in [0.2, 0.25) is 0 Å². The summed E-state index contributed by atoms with van der Waals surface area (Å²) in [6.07, 6.45) is 2.59. The highest BCUT2D eigenvalue weighted by molar-refractivity contribution is 6.32. The normalized spacial score (nSPS) is 11.2. The molecule has 0 aliphatic carbocycles. The molecule has 0 fully saturated rings. The van der Waals surface area contributed by atoms with Crippen molar-refractivity contribution in [2.45, 2.75) is 20.8 Å². The van der Waals surface area contributed by atoms with Gasteiger partial charge in [-0.25, -0.2) is 9.48 Å². The van der Waals surface area contributed by atoms with Crippen molar-refractivity contribution >= 4 is 23.6 Å². The number of aromatic nitrogens is 2. The Hall–Kier alpha value is -2.07. The largest absolute Gasteiger partial charge is 0.478 e. The van der Waals surface area contributed by atoms with Gasteiger partial charge in [-0.15, -0.1) is 0 Å². The predicted octanol–water partition coefficient (Wildman–Crippen LogP) is 3.55. The third-order valence-corrected chi connectivity index (χ3v) is 3.57. The summed E-state index contributed by atoms with van der Waals surface area (Å²) >= 11 is 6.27. The number of nitrogens with zero attached hydrogens (tertiary/aromatic N) is 2. The summed E-state index contributed by atoms with van der Waals surface area (Å²) in [5, 5.41) is 13.6. The average Bonchev–Trinajstić information content (AvgIpc) is 2.64. The lowest BCUT2D eigenvalue weighted by Crippen LogP contribution is -2.00. The first-order valence-electron chi connectivity index (χ1n) is 6.14. The molecule has 1 heterocycles. The molecule has 0 aliphatic rings. The molecule has 5 heteroatoms.